The van der Waals surface area contributed by atoms with Gasteiger partial charge in [0.1, 0.15) is 24.2 Å². The van der Waals surface area contributed by atoms with Crippen LogP contribution in [0.15, 0.2) is 9.98 Å². The van der Waals surface area contributed by atoms with Gasteiger partial charge in [-0.2, -0.15) is 0 Å². The SMILES string of the molecule is CC(C)C[C@H](N)C(=O)N[C@@H](CC(N)=O)C(=O)N[C@@H](CCCN=C(N)N)C(=O)N[C@@H](CCCN=C(N)N)C(=O)N[C@@H](C)C(=O)O. The molecule has 44 heavy (non-hydrogen) atoms. The summed E-state index contributed by atoms with van der Waals surface area (Å²) < 4.78 is 0. The Hall–Kier alpha value is -4.68. The normalized spacial score (nSPS) is 14.1. The molecule has 5 amide bonds. The lowest BCUT2D eigenvalue weighted by Gasteiger charge is -2.26. The molecule has 0 aromatic heterocycles. The maximum atomic E-state index is 13.4. The fourth-order valence-corrected chi connectivity index (χ4v) is 3.77. The number of carbonyl (C=O) groups excluding carboxylic acids is 5. The molecule has 0 saturated heterocycles. The van der Waals surface area contributed by atoms with E-state index in [9.17, 15) is 33.9 Å². The summed E-state index contributed by atoms with van der Waals surface area (Å²) in [5.74, 6) is -5.74. The number of nitrogens with zero attached hydrogens (tertiary/aromatic N) is 2. The molecule has 0 aliphatic rings. The molecule has 0 aliphatic carbocycles. The third kappa shape index (κ3) is 17.3. The first kappa shape index (κ1) is 39.3. The van der Waals surface area contributed by atoms with E-state index >= 15 is 0 Å². The van der Waals surface area contributed by atoms with Gasteiger partial charge in [-0.25, -0.2) is 0 Å². The van der Waals surface area contributed by atoms with Crippen LogP contribution in [0.4, 0.5) is 0 Å². The predicted octanol–water partition coefficient (Wildman–Crippen LogP) is -4.61. The minimum Gasteiger partial charge on any atom is -0.480 e. The van der Waals surface area contributed by atoms with Crippen LogP contribution in [0.3, 0.4) is 0 Å². The van der Waals surface area contributed by atoms with Crippen LogP contribution in [-0.2, 0) is 28.8 Å². The number of amides is 5. The van der Waals surface area contributed by atoms with Crippen LogP contribution in [0.1, 0.15) is 59.3 Å². The maximum absolute atomic E-state index is 13.4. The second-order valence-electron chi connectivity index (χ2n) is 10.6. The average Bonchev–Trinajstić information content (AvgIpc) is 2.90. The van der Waals surface area contributed by atoms with Crippen molar-refractivity contribution in [2.75, 3.05) is 13.1 Å². The Kier molecular flexibility index (Phi) is 18.1. The Labute approximate surface area is 255 Å². The largest absolute Gasteiger partial charge is 0.480 e. The summed E-state index contributed by atoms with van der Waals surface area (Å²) in [6, 6.07) is -6.25. The van der Waals surface area contributed by atoms with Gasteiger partial charge in [0.2, 0.25) is 29.5 Å². The fraction of sp³-hybridized carbons (Fsp3) is 0.680. The number of nitrogens with two attached hydrogens (primary N) is 6. The van der Waals surface area contributed by atoms with Crippen molar-refractivity contribution in [1.29, 1.82) is 0 Å². The lowest BCUT2D eigenvalue weighted by atomic mass is 10.0. The van der Waals surface area contributed by atoms with Crippen molar-refractivity contribution in [3.63, 3.8) is 0 Å². The molecule has 0 aliphatic heterocycles. The molecule has 19 nitrogen and oxygen atoms in total. The molecule has 0 fully saturated rings. The van der Waals surface area contributed by atoms with Crippen LogP contribution in [0.2, 0.25) is 0 Å². The first-order valence-corrected chi connectivity index (χ1v) is 14.0. The molecule has 0 aromatic carbocycles. The standard InChI is InChI=1S/C25H48N12O7/c1-12(2)10-14(26)19(39)37-17(11-18(27)38)22(42)36-16(7-5-9-33-25(30)31)21(41)35-15(6-4-8-32-24(28)29)20(40)34-13(3)23(43)44/h12-17H,4-11,26H2,1-3H3,(H2,27,38)(H,34,40)(H,35,41)(H,36,42)(H,37,39)(H,43,44)(H4,28,29,32)(H4,30,31,33)/t13-,14-,15-,16-,17-/m0/s1. The molecule has 0 heterocycles. The number of primary amides is 1. The Morgan fingerprint density at radius 2 is 1.07 bits per heavy atom. The zero-order valence-electron chi connectivity index (χ0n) is 25.4. The van der Waals surface area contributed by atoms with Gasteiger partial charge < -0.3 is 60.8 Å². The third-order valence-electron chi connectivity index (χ3n) is 5.99. The van der Waals surface area contributed by atoms with Gasteiger partial charge in [0.25, 0.3) is 0 Å². The van der Waals surface area contributed by atoms with Crippen molar-refractivity contribution < 1.29 is 33.9 Å². The topological polar surface area (TPSA) is 352 Å². The number of hydrogen-bond donors (Lipinski definition) is 11. The second-order valence-corrected chi connectivity index (χ2v) is 10.6. The van der Waals surface area contributed by atoms with Crippen LogP contribution < -0.4 is 55.7 Å². The van der Waals surface area contributed by atoms with Gasteiger partial charge in [0, 0.05) is 13.1 Å². The van der Waals surface area contributed by atoms with Crippen molar-refractivity contribution in [2.45, 2.75) is 89.5 Å². The smallest absolute Gasteiger partial charge is 0.325 e. The Balaban J connectivity index is 6.03. The van der Waals surface area contributed by atoms with Gasteiger partial charge in [-0.1, -0.05) is 13.8 Å². The van der Waals surface area contributed by atoms with E-state index in [0.29, 0.717) is 6.42 Å². The number of rotatable bonds is 21. The predicted molar refractivity (Wildman–Crippen MR) is 162 cm³/mol. The van der Waals surface area contributed by atoms with Crippen molar-refractivity contribution in [1.82, 2.24) is 21.3 Å². The van der Waals surface area contributed by atoms with Crippen molar-refractivity contribution in [2.24, 2.45) is 50.3 Å². The Morgan fingerprint density at radius 3 is 1.45 bits per heavy atom. The van der Waals surface area contributed by atoms with Crippen LogP contribution in [-0.4, -0.2) is 95.8 Å². The quantitative estimate of drug-likeness (QED) is 0.0325. The first-order valence-electron chi connectivity index (χ1n) is 14.0. The summed E-state index contributed by atoms with van der Waals surface area (Å²) in [5, 5.41) is 18.8. The summed E-state index contributed by atoms with van der Waals surface area (Å²) in [4.78, 5) is 82.7. The number of hydrogen-bond acceptors (Lipinski definition) is 9. The molecule has 250 valence electrons. The van der Waals surface area contributed by atoms with E-state index in [-0.39, 0.29) is 56.6 Å². The number of nitrogens with one attached hydrogen (secondary N) is 4. The molecule has 0 spiro atoms. The molecule has 0 rings (SSSR count). The minimum absolute atomic E-state index is 0.00343. The molecular weight excluding hydrogens is 580 g/mol. The van der Waals surface area contributed by atoms with Gasteiger partial charge in [-0.05, 0) is 44.9 Å². The zero-order valence-corrected chi connectivity index (χ0v) is 25.4. The summed E-state index contributed by atoms with van der Waals surface area (Å²) in [5.41, 5.74) is 32.5. The van der Waals surface area contributed by atoms with E-state index < -0.39 is 72.1 Å². The van der Waals surface area contributed by atoms with Crippen molar-refractivity contribution in [3.8, 4) is 0 Å². The highest BCUT2D eigenvalue weighted by Gasteiger charge is 2.31. The number of aliphatic carboxylic acids is 1. The highest BCUT2D eigenvalue weighted by atomic mass is 16.4. The molecule has 0 radical (unpaired) electrons. The summed E-state index contributed by atoms with van der Waals surface area (Å²) in [7, 11) is 0. The van der Waals surface area contributed by atoms with Crippen molar-refractivity contribution in [3.05, 3.63) is 0 Å². The van der Waals surface area contributed by atoms with Crippen LogP contribution in [0, 0.1) is 5.92 Å². The highest BCUT2D eigenvalue weighted by Crippen LogP contribution is 2.07. The molecule has 19 heteroatoms. The first-order chi connectivity index (χ1) is 20.4. The van der Waals surface area contributed by atoms with Crippen LogP contribution in [0.5, 0.6) is 0 Å². The number of carbonyl (C=O) groups is 6. The zero-order chi connectivity index (χ0) is 34.0. The minimum atomic E-state index is -1.46. The molecule has 5 atom stereocenters. The molecule has 0 saturated carbocycles. The molecule has 0 aromatic rings. The van der Waals surface area contributed by atoms with E-state index in [4.69, 9.17) is 34.4 Å². The van der Waals surface area contributed by atoms with E-state index in [1.54, 1.807) is 0 Å². The number of carboxylic acids is 1. The Bertz CT molecular complexity index is 1060. The van der Waals surface area contributed by atoms with E-state index in [1.165, 1.54) is 6.92 Å². The maximum Gasteiger partial charge on any atom is 0.325 e. The number of carboxylic acid groups (broad SMARTS) is 1. The fourth-order valence-electron chi connectivity index (χ4n) is 3.77. The van der Waals surface area contributed by atoms with E-state index in [1.807, 2.05) is 13.8 Å². The molecule has 17 N–H and O–H groups in total. The van der Waals surface area contributed by atoms with Gasteiger partial charge >= 0.3 is 5.97 Å². The summed E-state index contributed by atoms with van der Waals surface area (Å²) in [6.07, 6.45) is 0.106. The third-order valence-corrected chi connectivity index (χ3v) is 5.99. The van der Waals surface area contributed by atoms with Crippen LogP contribution >= 0.6 is 0 Å². The lowest BCUT2D eigenvalue weighted by Crippen LogP contribution is -2.58. The van der Waals surface area contributed by atoms with E-state index in [2.05, 4.69) is 31.3 Å². The number of guanidine groups is 2. The summed E-state index contributed by atoms with van der Waals surface area (Å²) >= 11 is 0. The van der Waals surface area contributed by atoms with E-state index in [0.717, 1.165) is 0 Å². The monoisotopic (exact) mass is 628 g/mol. The van der Waals surface area contributed by atoms with Gasteiger partial charge in [-0.15, -0.1) is 0 Å². The van der Waals surface area contributed by atoms with Crippen LogP contribution in [0.25, 0.3) is 0 Å². The molecule has 0 bridgehead atoms. The average molecular weight is 629 g/mol. The summed E-state index contributed by atoms with van der Waals surface area (Å²) in [6.45, 7) is 5.14. The van der Waals surface area contributed by atoms with Gasteiger partial charge in [-0.3, -0.25) is 38.8 Å². The van der Waals surface area contributed by atoms with Gasteiger partial charge in [0.05, 0.1) is 12.5 Å². The number of aliphatic imine (C=N–C) groups is 2. The lowest BCUT2D eigenvalue weighted by molar-refractivity contribution is -0.141. The highest BCUT2D eigenvalue weighted by molar-refractivity contribution is 5.97. The Morgan fingerprint density at radius 1 is 0.659 bits per heavy atom. The molecule has 0 unspecified atom stereocenters. The second kappa shape index (κ2) is 20.3. The van der Waals surface area contributed by atoms with Gasteiger partial charge in [0.15, 0.2) is 11.9 Å². The van der Waals surface area contributed by atoms with Crippen molar-refractivity contribution >= 4 is 47.4 Å². The molecular formula is C25H48N12O7.